The summed E-state index contributed by atoms with van der Waals surface area (Å²) in [4.78, 5) is 17.1. The molecule has 0 bridgehead atoms. The van der Waals surface area contributed by atoms with Crippen molar-refractivity contribution in [1.82, 2.24) is 9.80 Å². The van der Waals surface area contributed by atoms with Crippen LogP contribution >= 0.6 is 11.3 Å². The average molecular weight is 332 g/mol. The summed E-state index contributed by atoms with van der Waals surface area (Å²) in [5.41, 5.74) is 0.845. The number of likely N-dealkylation sites (tertiary alicyclic amines) is 1. The Kier molecular flexibility index (Phi) is 5.30. The molecule has 1 saturated heterocycles. The smallest absolute Gasteiger partial charge is 0.255 e. The molecule has 0 unspecified atom stereocenters. The quantitative estimate of drug-likeness (QED) is 0.916. The molecule has 5 heteroatoms. The number of fused-ring (bicyclic) bond motifs is 1. The van der Waals surface area contributed by atoms with E-state index in [4.69, 9.17) is 5.11 Å². The highest BCUT2D eigenvalue weighted by atomic mass is 32.1. The first-order valence-corrected chi connectivity index (χ1v) is 9.15. The lowest BCUT2D eigenvalue weighted by atomic mass is 10.0. The molecule has 1 fully saturated rings. The van der Waals surface area contributed by atoms with Gasteiger partial charge in [-0.05, 0) is 32.4 Å². The molecule has 124 valence electrons. The van der Waals surface area contributed by atoms with Gasteiger partial charge in [-0.2, -0.15) is 0 Å². The molecular weight excluding hydrogens is 308 g/mol. The zero-order chi connectivity index (χ0) is 16.2. The number of rotatable bonds is 5. The number of carbonyl (C=O) groups excluding carboxylic acids is 1. The standard InChI is InChI=1S/C18H24N2O2S/c1-19(9-4-12-21)14-7-10-20(11-8-14)18(22)16-13-23-17-6-3-2-5-15(16)17/h2-3,5-6,13-14,21H,4,7-12H2,1H3. The second-order valence-electron chi connectivity index (χ2n) is 6.23. The Morgan fingerprint density at radius 1 is 1.35 bits per heavy atom. The molecule has 4 nitrogen and oxygen atoms in total. The molecule has 0 radical (unpaired) electrons. The van der Waals surface area contributed by atoms with Crippen LogP contribution in [0.3, 0.4) is 0 Å². The Morgan fingerprint density at radius 2 is 2.09 bits per heavy atom. The number of amides is 1. The van der Waals surface area contributed by atoms with Gasteiger partial charge >= 0.3 is 0 Å². The number of aliphatic hydroxyl groups excluding tert-OH is 1. The van der Waals surface area contributed by atoms with Gasteiger partial charge in [0.25, 0.3) is 5.91 Å². The molecule has 0 spiro atoms. The molecule has 1 N–H and O–H groups in total. The number of hydrogen-bond donors (Lipinski definition) is 1. The lowest BCUT2D eigenvalue weighted by Crippen LogP contribution is -2.45. The molecule has 3 rings (SSSR count). The zero-order valence-corrected chi connectivity index (χ0v) is 14.4. The van der Waals surface area contributed by atoms with Gasteiger partial charge in [-0.1, -0.05) is 18.2 Å². The molecule has 0 saturated carbocycles. The lowest BCUT2D eigenvalue weighted by Gasteiger charge is -2.36. The number of piperidine rings is 1. The first-order valence-electron chi connectivity index (χ1n) is 8.27. The van der Waals surface area contributed by atoms with Crippen molar-refractivity contribution in [2.45, 2.75) is 25.3 Å². The Bertz CT molecular complexity index is 662. The fraction of sp³-hybridized carbons (Fsp3) is 0.500. The normalized spacial score (nSPS) is 16.4. The van der Waals surface area contributed by atoms with E-state index in [0.29, 0.717) is 6.04 Å². The predicted octanol–water partition coefficient (Wildman–Crippen LogP) is 2.82. The van der Waals surface area contributed by atoms with Crippen molar-refractivity contribution in [2.75, 3.05) is 33.3 Å². The predicted molar refractivity (Wildman–Crippen MR) is 95.1 cm³/mol. The van der Waals surface area contributed by atoms with Crippen LogP contribution in [0.1, 0.15) is 29.6 Å². The van der Waals surface area contributed by atoms with Gasteiger partial charge in [0.1, 0.15) is 0 Å². The number of thiophene rings is 1. The van der Waals surface area contributed by atoms with Crippen LogP contribution in [0.25, 0.3) is 10.1 Å². The van der Waals surface area contributed by atoms with E-state index in [1.54, 1.807) is 11.3 Å². The Morgan fingerprint density at radius 3 is 2.83 bits per heavy atom. The Labute approximate surface area is 141 Å². The van der Waals surface area contributed by atoms with Gasteiger partial charge in [-0.3, -0.25) is 4.79 Å². The Hall–Kier alpha value is -1.43. The second kappa shape index (κ2) is 7.43. The first kappa shape index (κ1) is 16.4. The third-order valence-corrected chi connectivity index (χ3v) is 5.72. The third kappa shape index (κ3) is 3.57. The van der Waals surface area contributed by atoms with E-state index in [1.165, 1.54) is 4.70 Å². The summed E-state index contributed by atoms with van der Waals surface area (Å²) in [6.45, 7) is 2.80. The minimum atomic E-state index is 0.166. The van der Waals surface area contributed by atoms with Crippen LogP contribution in [0.5, 0.6) is 0 Å². The molecule has 1 amide bonds. The van der Waals surface area contributed by atoms with Crippen LogP contribution in [-0.4, -0.2) is 60.1 Å². The van der Waals surface area contributed by atoms with Gasteiger partial charge in [0.2, 0.25) is 0 Å². The van der Waals surface area contributed by atoms with Gasteiger partial charge in [0, 0.05) is 47.7 Å². The molecule has 0 atom stereocenters. The first-order chi connectivity index (χ1) is 11.2. The van der Waals surface area contributed by atoms with Crippen LogP contribution in [0.15, 0.2) is 29.6 Å². The fourth-order valence-electron chi connectivity index (χ4n) is 3.33. The summed E-state index contributed by atoms with van der Waals surface area (Å²) >= 11 is 1.64. The highest BCUT2D eigenvalue weighted by molar-refractivity contribution is 7.17. The molecule has 23 heavy (non-hydrogen) atoms. The molecule has 1 aromatic heterocycles. The van der Waals surface area contributed by atoms with Crippen LogP contribution < -0.4 is 0 Å². The largest absolute Gasteiger partial charge is 0.396 e. The SMILES string of the molecule is CN(CCCO)C1CCN(C(=O)c2csc3ccccc23)CC1. The van der Waals surface area contributed by atoms with Crippen molar-refractivity contribution in [3.8, 4) is 0 Å². The summed E-state index contributed by atoms with van der Waals surface area (Å²) in [6.07, 6.45) is 2.84. The maximum atomic E-state index is 12.8. The molecule has 1 aliphatic heterocycles. The van der Waals surface area contributed by atoms with E-state index in [1.807, 2.05) is 28.5 Å². The van der Waals surface area contributed by atoms with E-state index in [0.717, 1.165) is 49.8 Å². The van der Waals surface area contributed by atoms with Crippen LogP contribution in [0.2, 0.25) is 0 Å². The van der Waals surface area contributed by atoms with Crippen LogP contribution in [-0.2, 0) is 0 Å². The molecule has 1 aromatic carbocycles. The van der Waals surface area contributed by atoms with E-state index >= 15 is 0 Å². The van der Waals surface area contributed by atoms with Crippen molar-refractivity contribution in [2.24, 2.45) is 0 Å². The maximum absolute atomic E-state index is 12.8. The third-order valence-electron chi connectivity index (χ3n) is 4.76. The van der Waals surface area contributed by atoms with Crippen LogP contribution in [0, 0.1) is 0 Å². The molecule has 0 aliphatic carbocycles. The van der Waals surface area contributed by atoms with Gasteiger partial charge in [0.05, 0.1) is 5.56 Å². The number of hydrogen-bond acceptors (Lipinski definition) is 4. The zero-order valence-electron chi connectivity index (χ0n) is 13.6. The summed E-state index contributed by atoms with van der Waals surface area (Å²) in [5, 5.41) is 12.0. The molecule has 2 heterocycles. The van der Waals surface area contributed by atoms with Crippen molar-refractivity contribution < 1.29 is 9.90 Å². The van der Waals surface area contributed by atoms with Gasteiger partial charge in [0.15, 0.2) is 0 Å². The van der Waals surface area contributed by atoms with Crippen molar-refractivity contribution in [3.63, 3.8) is 0 Å². The van der Waals surface area contributed by atoms with Gasteiger partial charge in [-0.25, -0.2) is 0 Å². The van der Waals surface area contributed by atoms with E-state index in [9.17, 15) is 4.79 Å². The van der Waals surface area contributed by atoms with E-state index in [-0.39, 0.29) is 12.5 Å². The summed E-state index contributed by atoms with van der Waals surface area (Å²) in [7, 11) is 2.12. The summed E-state index contributed by atoms with van der Waals surface area (Å²) in [6, 6.07) is 8.63. The topological polar surface area (TPSA) is 43.8 Å². The van der Waals surface area contributed by atoms with Crippen molar-refractivity contribution in [3.05, 3.63) is 35.2 Å². The molecule has 1 aliphatic rings. The minimum absolute atomic E-state index is 0.166. The number of nitrogens with zero attached hydrogens (tertiary/aromatic N) is 2. The van der Waals surface area contributed by atoms with E-state index in [2.05, 4.69) is 18.0 Å². The lowest BCUT2D eigenvalue weighted by molar-refractivity contribution is 0.0643. The highest BCUT2D eigenvalue weighted by Gasteiger charge is 2.26. The second-order valence-corrected chi connectivity index (χ2v) is 7.14. The van der Waals surface area contributed by atoms with E-state index < -0.39 is 0 Å². The van der Waals surface area contributed by atoms with Crippen LogP contribution in [0.4, 0.5) is 0 Å². The number of aliphatic hydroxyl groups is 1. The molecule has 2 aromatic rings. The van der Waals surface area contributed by atoms with Crippen molar-refractivity contribution >= 4 is 27.3 Å². The summed E-state index contributed by atoms with van der Waals surface area (Å²) in [5.74, 6) is 0.166. The van der Waals surface area contributed by atoms with Gasteiger partial charge < -0.3 is 14.9 Å². The fourth-order valence-corrected chi connectivity index (χ4v) is 4.26. The van der Waals surface area contributed by atoms with Crippen molar-refractivity contribution in [1.29, 1.82) is 0 Å². The number of benzene rings is 1. The minimum Gasteiger partial charge on any atom is -0.396 e. The molecular formula is C18H24N2O2S. The number of carbonyl (C=O) groups is 1. The Balaban J connectivity index is 1.62. The highest BCUT2D eigenvalue weighted by Crippen LogP contribution is 2.27. The monoisotopic (exact) mass is 332 g/mol. The maximum Gasteiger partial charge on any atom is 0.255 e. The summed E-state index contributed by atoms with van der Waals surface area (Å²) < 4.78 is 1.18. The average Bonchev–Trinajstić information content (AvgIpc) is 3.03. The van der Waals surface area contributed by atoms with Gasteiger partial charge in [-0.15, -0.1) is 11.3 Å².